The van der Waals surface area contributed by atoms with Crippen molar-refractivity contribution in [1.82, 2.24) is 10.2 Å². The molecule has 1 unspecified atom stereocenters. The lowest BCUT2D eigenvalue weighted by Gasteiger charge is -2.30. The Bertz CT molecular complexity index is 1180. The molecule has 6 nitrogen and oxygen atoms in total. The maximum atomic E-state index is 14.3. The molecule has 0 fully saturated rings. The van der Waals surface area contributed by atoms with E-state index in [9.17, 15) is 35.9 Å². The van der Waals surface area contributed by atoms with Crippen molar-refractivity contribution in [2.24, 2.45) is 5.16 Å². The molecule has 1 aliphatic heterocycles. The Hall–Kier alpha value is -2.99. The highest BCUT2D eigenvalue weighted by molar-refractivity contribution is 6.34. The maximum absolute atomic E-state index is 14.3. The second kappa shape index (κ2) is 10.2. The number of alkyl halides is 6. The van der Waals surface area contributed by atoms with Crippen molar-refractivity contribution in [2.75, 3.05) is 13.1 Å². The van der Waals surface area contributed by atoms with Crippen LogP contribution in [0.4, 0.5) is 26.3 Å². The van der Waals surface area contributed by atoms with Crippen molar-refractivity contribution >= 4 is 40.9 Å². The average Bonchev–Trinajstić information content (AvgIpc) is 3.21. The summed E-state index contributed by atoms with van der Waals surface area (Å²) in [5.41, 5.74) is -3.23. The van der Waals surface area contributed by atoms with Crippen LogP contribution in [-0.2, 0) is 15.2 Å². The van der Waals surface area contributed by atoms with Crippen molar-refractivity contribution < 1.29 is 40.8 Å². The first-order valence-corrected chi connectivity index (χ1v) is 10.9. The van der Waals surface area contributed by atoms with Gasteiger partial charge < -0.3 is 10.2 Å². The monoisotopic (exact) mass is 555 g/mol. The molecule has 194 valence electrons. The van der Waals surface area contributed by atoms with Gasteiger partial charge in [0, 0.05) is 21.2 Å². The summed E-state index contributed by atoms with van der Waals surface area (Å²) >= 11 is 11.7. The third-order valence-electron chi connectivity index (χ3n) is 5.22. The van der Waals surface area contributed by atoms with Crippen LogP contribution in [0.2, 0.25) is 10.0 Å². The molecule has 1 atom stereocenters. The summed E-state index contributed by atoms with van der Waals surface area (Å²) in [6, 6.07) is 9.08. The van der Waals surface area contributed by atoms with Crippen LogP contribution in [0.25, 0.3) is 0 Å². The molecule has 2 aromatic carbocycles. The lowest BCUT2D eigenvalue weighted by molar-refractivity contribution is -0.275. The summed E-state index contributed by atoms with van der Waals surface area (Å²) in [6.45, 7) is -1.21. The van der Waals surface area contributed by atoms with Crippen molar-refractivity contribution in [3.8, 4) is 0 Å². The number of nitrogens with zero attached hydrogens (tertiary/aromatic N) is 2. The number of oxime groups is 1. The van der Waals surface area contributed by atoms with Gasteiger partial charge in [-0.15, -0.1) is 0 Å². The highest BCUT2D eigenvalue weighted by Crippen LogP contribution is 2.49. The fourth-order valence-corrected chi connectivity index (χ4v) is 3.98. The van der Waals surface area contributed by atoms with Gasteiger partial charge in [0.15, 0.2) is 5.84 Å². The first kappa shape index (κ1) is 27.6. The summed E-state index contributed by atoms with van der Waals surface area (Å²) < 4.78 is 80.5. The highest BCUT2D eigenvalue weighted by Gasteiger charge is 2.63. The molecule has 0 radical (unpaired) electrons. The van der Waals surface area contributed by atoms with Crippen molar-refractivity contribution in [1.29, 1.82) is 0 Å². The number of rotatable bonds is 5. The molecular weight excluding hydrogens is 539 g/mol. The SMILES string of the molecule is Cc1ccccc1C(=O)N(CC(=O)NCC(F)(F)F)C1=NOC(c2cc(Cl)cc(Cl)c2)(C(F)(F)F)C1. The van der Waals surface area contributed by atoms with Crippen LogP contribution in [0, 0.1) is 6.92 Å². The summed E-state index contributed by atoms with van der Waals surface area (Å²) in [7, 11) is 0. The van der Waals surface area contributed by atoms with Crippen molar-refractivity contribution in [3.63, 3.8) is 0 Å². The van der Waals surface area contributed by atoms with Gasteiger partial charge in [-0.1, -0.05) is 46.6 Å². The van der Waals surface area contributed by atoms with E-state index < -0.39 is 60.7 Å². The quantitative estimate of drug-likeness (QED) is 0.487. The van der Waals surface area contributed by atoms with E-state index in [1.807, 2.05) is 0 Å². The van der Waals surface area contributed by atoms with E-state index in [0.717, 1.165) is 12.1 Å². The van der Waals surface area contributed by atoms with Gasteiger partial charge in [0.05, 0.1) is 6.42 Å². The van der Waals surface area contributed by atoms with Gasteiger partial charge in [-0.3, -0.25) is 14.5 Å². The van der Waals surface area contributed by atoms with Gasteiger partial charge in [-0.2, -0.15) is 26.3 Å². The van der Waals surface area contributed by atoms with E-state index in [-0.39, 0.29) is 15.6 Å². The number of amides is 2. The molecule has 2 amide bonds. The second-order valence-electron chi connectivity index (χ2n) is 7.86. The first-order chi connectivity index (χ1) is 16.6. The van der Waals surface area contributed by atoms with Crippen LogP contribution in [0.1, 0.15) is 27.9 Å². The molecule has 1 aliphatic rings. The second-order valence-corrected chi connectivity index (χ2v) is 8.73. The van der Waals surface area contributed by atoms with Crippen LogP contribution in [0.3, 0.4) is 0 Å². The zero-order valence-corrected chi connectivity index (χ0v) is 19.8. The van der Waals surface area contributed by atoms with Crippen LogP contribution in [0.5, 0.6) is 0 Å². The molecule has 0 aliphatic carbocycles. The van der Waals surface area contributed by atoms with Crippen molar-refractivity contribution in [3.05, 3.63) is 69.2 Å². The number of halogens is 8. The van der Waals surface area contributed by atoms with Crippen LogP contribution in [0.15, 0.2) is 47.6 Å². The lowest BCUT2D eigenvalue weighted by Crippen LogP contribution is -2.48. The topological polar surface area (TPSA) is 71.0 Å². The van der Waals surface area contributed by atoms with Crippen LogP contribution >= 0.6 is 23.2 Å². The maximum Gasteiger partial charge on any atom is 0.435 e. The Labute approximate surface area is 210 Å². The highest BCUT2D eigenvalue weighted by atomic mass is 35.5. The summed E-state index contributed by atoms with van der Waals surface area (Å²) in [5.74, 6) is -2.86. The Balaban J connectivity index is 2.00. The molecule has 36 heavy (non-hydrogen) atoms. The standard InChI is InChI=1S/C22H17Cl2F6N3O3/c1-12-4-2-3-5-16(12)19(35)33(10-18(34)31-11-21(25,26)27)17-9-20(36-32-17,22(28,29)30)13-6-14(23)8-15(24)7-13/h2-8H,9-11H2,1H3,(H,31,34). The number of hydrogen-bond donors (Lipinski definition) is 1. The number of amidine groups is 1. The van der Waals surface area contributed by atoms with E-state index >= 15 is 0 Å². The van der Waals surface area contributed by atoms with E-state index in [0.29, 0.717) is 10.5 Å². The Morgan fingerprint density at radius 2 is 1.69 bits per heavy atom. The average molecular weight is 556 g/mol. The Morgan fingerprint density at radius 3 is 2.25 bits per heavy atom. The minimum Gasteiger partial charge on any atom is -0.372 e. The summed E-state index contributed by atoms with van der Waals surface area (Å²) in [6.07, 6.45) is -10.9. The van der Waals surface area contributed by atoms with Gasteiger partial charge in [0.1, 0.15) is 13.1 Å². The van der Waals surface area contributed by atoms with E-state index in [2.05, 4.69) is 5.16 Å². The fourth-order valence-electron chi connectivity index (χ4n) is 3.46. The molecule has 0 aromatic heterocycles. The van der Waals surface area contributed by atoms with E-state index in [4.69, 9.17) is 28.0 Å². The number of nitrogens with one attached hydrogen (secondary N) is 1. The van der Waals surface area contributed by atoms with Crippen LogP contribution in [-0.4, -0.2) is 48.0 Å². The number of hydrogen-bond acceptors (Lipinski definition) is 4. The minimum absolute atomic E-state index is 0.000806. The zero-order chi connectivity index (χ0) is 26.9. The third-order valence-corrected chi connectivity index (χ3v) is 5.66. The number of aryl methyl sites for hydroxylation is 1. The number of carbonyl (C=O) groups excluding carboxylic acids is 2. The number of benzene rings is 2. The van der Waals surface area contributed by atoms with Gasteiger partial charge >= 0.3 is 12.4 Å². The van der Waals surface area contributed by atoms with Gasteiger partial charge in [-0.05, 0) is 36.8 Å². The molecular formula is C22H17Cl2F6N3O3. The molecule has 14 heteroatoms. The van der Waals surface area contributed by atoms with Gasteiger partial charge in [-0.25, -0.2) is 0 Å². The minimum atomic E-state index is -5.10. The molecule has 1 N–H and O–H groups in total. The van der Waals surface area contributed by atoms with E-state index in [1.165, 1.54) is 31.2 Å². The molecule has 0 bridgehead atoms. The van der Waals surface area contributed by atoms with Gasteiger partial charge in [0.2, 0.25) is 5.91 Å². The Morgan fingerprint density at radius 1 is 1.08 bits per heavy atom. The zero-order valence-electron chi connectivity index (χ0n) is 18.3. The molecule has 0 saturated heterocycles. The fraction of sp³-hybridized carbons (Fsp3) is 0.318. The smallest absolute Gasteiger partial charge is 0.372 e. The summed E-state index contributed by atoms with van der Waals surface area (Å²) in [4.78, 5) is 30.9. The lowest BCUT2D eigenvalue weighted by atomic mass is 9.89. The largest absolute Gasteiger partial charge is 0.435 e. The van der Waals surface area contributed by atoms with Crippen LogP contribution < -0.4 is 5.32 Å². The van der Waals surface area contributed by atoms with E-state index in [1.54, 1.807) is 11.4 Å². The molecule has 2 aromatic rings. The first-order valence-electron chi connectivity index (χ1n) is 10.1. The third kappa shape index (κ3) is 6.04. The Kier molecular flexibility index (Phi) is 7.80. The molecule has 3 rings (SSSR count). The molecule has 1 heterocycles. The summed E-state index contributed by atoms with van der Waals surface area (Å²) in [5, 5.41) is 4.77. The molecule has 0 saturated carbocycles. The normalized spacial score (nSPS) is 17.9. The van der Waals surface area contributed by atoms with Gasteiger partial charge in [0.25, 0.3) is 11.5 Å². The van der Waals surface area contributed by atoms with Crippen molar-refractivity contribution in [2.45, 2.75) is 31.3 Å². The number of carbonyl (C=O) groups is 2. The predicted molar refractivity (Wildman–Crippen MR) is 119 cm³/mol. The molecule has 0 spiro atoms. The predicted octanol–water partition coefficient (Wildman–Crippen LogP) is 5.61.